The molecule has 3 aliphatic rings. The molecule has 92 valence electrons. The Bertz CT molecular complexity index is 895. The second-order valence-corrected chi connectivity index (χ2v) is 5.99. The highest BCUT2D eigenvalue weighted by Gasteiger charge is 2.53. The van der Waals surface area contributed by atoms with E-state index in [2.05, 4.69) is 0 Å². The van der Waals surface area contributed by atoms with Crippen LogP contribution in [0.2, 0.25) is 0 Å². The van der Waals surface area contributed by atoms with Crippen molar-refractivity contribution in [3.63, 3.8) is 0 Å². The predicted octanol–water partition coefficient (Wildman–Crippen LogP) is 3.25. The van der Waals surface area contributed by atoms with Gasteiger partial charge in [0.1, 0.15) is 5.75 Å². The number of allylic oxidation sites excluding steroid dienone is 1. The van der Waals surface area contributed by atoms with Gasteiger partial charge >= 0.3 is 7.82 Å². The summed E-state index contributed by atoms with van der Waals surface area (Å²) in [5, 5.41) is 1.67. The van der Waals surface area contributed by atoms with Crippen molar-refractivity contribution in [3.8, 4) is 5.75 Å². The number of carbonyl (C=O) groups excluding carboxylic acids is 1. The SMILES string of the molecule is O=C1C2=C3OP(=O)(O2)Oc2ccc4cccc1c4c23. The second-order valence-electron chi connectivity index (χ2n) is 4.55. The van der Waals surface area contributed by atoms with Crippen LogP contribution in [-0.2, 0) is 13.6 Å². The van der Waals surface area contributed by atoms with Gasteiger partial charge in [-0.25, -0.2) is 0 Å². The van der Waals surface area contributed by atoms with Gasteiger partial charge in [-0.3, -0.25) is 4.79 Å². The topological polar surface area (TPSA) is 61.8 Å². The van der Waals surface area contributed by atoms with Crippen molar-refractivity contribution in [2.45, 2.75) is 0 Å². The minimum atomic E-state index is -3.70. The molecule has 0 radical (unpaired) electrons. The quantitative estimate of drug-likeness (QED) is 0.689. The average molecular weight is 272 g/mol. The molecule has 1 atom stereocenters. The van der Waals surface area contributed by atoms with Gasteiger partial charge in [-0.15, -0.1) is 0 Å². The molecular weight excluding hydrogens is 267 g/mol. The Morgan fingerprint density at radius 2 is 1.79 bits per heavy atom. The fourth-order valence-electron chi connectivity index (χ4n) is 2.76. The number of hydrogen-bond donors (Lipinski definition) is 0. The number of rotatable bonds is 0. The molecule has 2 aromatic carbocycles. The zero-order chi connectivity index (χ0) is 12.8. The van der Waals surface area contributed by atoms with Crippen molar-refractivity contribution in [1.29, 1.82) is 0 Å². The maximum atomic E-state index is 12.4. The van der Waals surface area contributed by atoms with E-state index in [0.717, 1.165) is 10.8 Å². The summed E-state index contributed by atoms with van der Waals surface area (Å²) >= 11 is 0. The van der Waals surface area contributed by atoms with E-state index < -0.39 is 7.82 Å². The molecule has 0 spiro atoms. The molecule has 19 heavy (non-hydrogen) atoms. The average Bonchev–Trinajstić information content (AvgIpc) is 2.70. The fourth-order valence-corrected chi connectivity index (χ4v) is 4.05. The Morgan fingerprint density at radius 3 is 2.68 bits per heavy atom. The van der Waals surface area contributed by atoms with Gasteiger partial charge in [0.15, 0.2) is 5.76 Å². The minimum absolute atomic E-state index is 0.00622. The largest absolute Gasteiger partial charge is 0.647 e. The number of ketones is 1. The number of benzene rings is 2. The number of hydrogen-bond acceptors (Lipinski definition) is 5. The third-order valence-corrected chi connectivity index (χ3v) is 4.74. The highest BCUT2D eigenvalue weighted by molar-refractivity contribution is 7.50. The lowest BCUT2D eigenvalue weighted by molar-refractivity contribution is 0.0987. The molecule has 5 nitrogen and oxygen atoms in total. The van der Waals surface area contributed by atoms with E-state index in [4.69, 9.17) is 13.6 Å². The van der Waals surface area contributed by atoms with Crippen molar-refractivity contribution < 1.29 is 22.9 Å². The molecule has 0 N–H and O–H groups in total. The Labute approximate surface area is 107 Å². The summed E-state index contributed by atoms with van der Waals surface area (Å²) in [5.41, 5.74) is 1.18. The van der Waals surface area contributed by atoms with Gasteiger partial charge in [-0.1, -0.05) is 24.3 Å². The van der Waals surface area contributed by atoms with Crippen LogP contribution >= 0.6 is 7.82 Å². The van der Waals surface area contributed by atoms with Crippen LogP contribution in [0.15, 0.2) is 36.1 Å². The number of Topliss-reactive ketones (excluding diaryl/α,β-unsaturated/α-hetero) is 1. The van der Waals surface area contributed by atoms with E-state index in [1.165, 1.54) is 0 Å². The number of carbonyl (C=O) groups is 1. The summed E-state index contributed by atoms with van der Waals surface area (Å²) in [4.78, 5) is 12.4. The number of phosphoric acid groups is 1. The molecule has 2 aromatic rings. The molecule has 0 saturated carbocycles. The van der Waals surface area contributed by atoms with E-state index in [-0.39, 0.29) is 17.3 Å². The van der Waals surface area contributed by atoms with Crippen LogP contribution in [0.4, 0.5) is 0 Å². The molecule has 1 aliphatic carbocycles. The molecule has 2 bridgehead atoms. The summed E-state index contributed by atoms with van der Waals surface area (Å²) in [6, 6.07) is 8.98. The maximum Gasteiger partial charge on any atom is 0.647 e. The van der Waals surface area contributed by atoms with Crippen molar-refractivity contribution in [3.05, 3.63) is 47.2 Å². The van der Waals surface area contributed by atoms with Gasteiger partial charge < -0.3 is 13.6 Å². The molecule has 0 amide bonds. The molecule has 1 unspecified atom stereocenters. The van der Waals surface area contributed by atoms with Crippen LogP contribution in [0, 0.1) is 0 Å². The molecule has 0 saturated heterocycles. The summed E-state index contributed by atoms with van der Waals surface area (Å²) in [5.74, 6) is 0.368. The highest BCUT2D eigenvalue weighted by atomic mass is 31.2. The zero-order valence-corrected chi connectivity index (χ0v) is 10.3. The molecular formula is C13H5O5P. The first kappa shape index (κ1) is 9.64. The number of phosphoric ester groups is 1. The maximum absolute atomic E-state index is 12.4. The van der Waals surface area contributed by atoms with Gasteiger partial charge in [0, 0.05) is 10.9 Å². The zero-order valence-electron chi connectivity index (χ0n) is 9.38. The van der Waals surface area contributed by atoms with Crippen LogP contribution in [0.25, 0.3) is 16.5 Å². The summed E-state index contributed by atoms with van der Waals surface area (Å²) in [7, 11) is -3.70. The van der Waals surface area contributed by atoms with Gasteiger partial charge in [0.2, 0.25) is 11.5 Å². The summed E-state index contributed by atoms with van der Waals surface area (Å²) in [6.45, 7) is 0. The van der Waals surface area contributed by atoms with Gasteiger partial charge in [0.05, 0.1) is 5.56 Å². The Morgan fingerprint density at radius 1 is 0.947 bits per heavy atom. The monoisotopic (exact) mass is 272 g/mol. The van der Waals surface area contributed by atoms with Crippen LogP contribution < -0.4 is 4.52 Å². The normalized spacial score (nSPS) is 25.4. The third-order valence-electron chi connectivity index (χ3n) is 3.51. The van der Waals surface area contributed by atoms with Gasteiger partial charge in [-0.05, 0) is 11.5 Å². The lowest BCUT2D eigenvalue weighted by Crippen LogP contribution is -2.11. The van der Waals surface area contributed by atoms with E-state index in [1.807, 2.05) is 12.1 Å². The molecule has 6 heteroatoms. The van der Waals surface area contributed by atoms with Crippen LogP contribution in [0.5, 0.6) is 5.75 Å². The molecule has 5 rings (SSSR count). The molecule has 0 aromatic heterocycles. The summed E-state index contributed by atoms with van der Waals surface area (Å²) < 4.78 is 27.8. The fraction of sp³-hybridized carbons (Fsp3) is 0. The third kappa shape index (κ3) is 0.956. The van der Waals surface area contributed by atoms with Crippen molar-refractivity contribution in [2.24, 2.45) is 0 Å². The Kier molecular flexibility index (Phi) is 1.36. The predicted molar refractivity (Wildman–Crippen MR) is 65.6 cm³/mol. The number of fused-ring (bicyclic) bond motifs is 1. The van der Waals surface area contributed by atoms with Gasteiger partial charge in [0.25, 0.3) is 0 Å². The van der Waals surface area contributed by atoms with Crippen LogP contribution in [0.1, 0.15) is 15.9 Å². The smallest absolute Gasteiger partial charge is 0.385 e. The Balaban J connectivity index is 2.07. The van der Waals surface area contributed by atoms with Crippen LogP contribution in [0.3, 0.4) is 0 Å². The lowest BCUT2D eigenvalue weighted by Gasteiger charge is -2.21. The van der Waals surface area contributed by atoms with E-state index in [9.17, 15) is 9.36 Å². The van der Waals surface area contributed by atoms with Crippen LogP contribution in [-0.4, -0.2) is 5.78 Å². The van der Waals surface area contributed by atoms with E-state index >= 15 is 0 Å². The van der Waals surface area contributed by atoms with Crippen molar-refractivity contribution >= 4 is 30.1 Å². The molecule has 2 aliphatic heterocycles. The first-order chi connectivity index (χ1) is 9.16. The Hall–Kier alpha value is -2.26. The highest BCUT2D eigenvalue weighted by Crippen LogP contribution is 2.67. The molecule has 2 heterocycles. The second kappa shape index (κ2) is 2.68. The van der Waals surface area contributed by atoms with E-state index in [1.54, 1.807) is 18.2 Å². The first-order valence-corrected chi connectivity index (χ1v) is 7.16. The van der Waals surface area contributed by atoms with E-state index in [0.29, 0.717) is 16.9 Å². The van der Waals surface area contributed by atoms with Crippen molar-refractivity contribution in [1.82, 2.24) is 0 Å². The molecule has 0 fully saturated rings. The minimum Gasteiger partial charge on any atom is -0.385 e. The van der Waals surface area contributed by atoms with Crippen molar-refractivity contribution in [2.75, 3.05) is 0 Å². The summed E-state index contributed by atoms with van der Waals surface area (Å²) in [6.07, 6.45) is 0. The lowest BCUT2D eigenvalue weighted by atomic mass is 9.89. The standard InChI is InChI=1S/C13H5O5P/c14-11-7-3-1-2-6-4-5-8-10(9(6)7)12-13(11)18-19(15,16-8)17-12/h1-5H. The first-order valence-electron chi connectivity index (χ1n) is 5.70. The van der Waals surface area contributed by atoms with Gasteiger partial charge in [-0.2, -0.15) is 4.57 Å².